The van der Waals surface area contributed by atoms with Gasteiger partial charge in [-0.05, 0) is 29.6 Å². The van der Waals surface area contributed by atoms with Crippen LogP contribution >= 0.6 is 0 Å². The highest BCUT2D eigenvalue weighted by Crippen LogP contribution is 2.93. The first-order valence-electron chi connectivity index (χ1n) is 4.33. The van der Waals surface area contributed by atoms with Crippen molar-refractivity contribution in [3.05, 3.63) is 0 Å². The standard InChI is InChI=1S/C9H10O/c1-3-6-4-2-5-8(10)7(6)9(3,4)5/h3-7H,2H2,1H3. The monoisotopic (exact) mass is 134 g/mol. The third kappa shape index (κ3) is 0.150. The van der Waals surface area contributed by atoms with Gasteiger partial charge in [0.1, 0.15) is 5.78 Å². The third-order valence-electron chi connectivity index (χ3n) is 5.14. The van der Waals surface area contributed by atoms with Crippen LogP contribution < -0.4 is 0 Å². The largest absolute Gasteiger partial charge is 0.299 e. The summed E-state index contributed by atoms with van der Waals surface area (Å²) >= 11 is 0. The van der Waals surface area contributed by atoms with E-state index in [9.17, 15) is 4.79 Å². The van der Waals surface area contributed by atoms with Gasteiger partial charge in [-0.2, -0.15) is 0 Å². The van der Waals surface area contributed by atoms with Gasteiger partial charge in [0.05, 0.1) is 0 Å². The maximum absolute atomic E-state index is 11.2. The predicted octanol–water partition coefficient (Wildman–Crippen LogP) is 1.09. The quantitative estimate of drug-likeness (QED) is 0.484. The van der Waals surface area contributed by atoms with Gasteiger partial charge in [-0.15, -0.1) is 0 Å². The van der Waals surface area contributed by atoms with Gasteiger partial charge in [0.2, 0.25) is 0 Å². The Balaban J connectivity index is 1.93. The SMILES string of the molecule is CC1C2C3CC4C(=O)C2C413. The first-order valence-corrected chi connectivity index (χ1v) is 4.33. The van der Waals surface area contributed by atoms with Crippen molar-refractivity contribution >= 4 is 5.78 Å². The summed E-state index contributed by atoms with van der Waals surface area (Å²) in [5.41, 5.74) is 0.641. The Morgan fingerprint density at radius 3 is 2.60 bits per heavy atom. The zero-order valence-electron chi connectivity index (χ0n) is 6.00. The number of carbonyl (C=O) groups is 1. The summed E-state index contributed by atoms with van der Waals surface area (Å²) in [7, 11) is 0. The lowest BCUT2D eigenvalue weighted by molar-refractivity contribution is -0.427. The molecule has 5 rings (SSSR count). The molecule has 1 nitrogen and oxygen atoms in total. The molecule has 5 fully saturated rings. The van der Waals surface area contributed by atoms with Gasteiger partial charge in [-0.25, -0.2) is 0 Å². The second-order valence-electron chi connectivity index (χ2n) is 4.64. The second kappa shape index (κ2) is 0.838. The van der Waals surface area contributed by atoms with E-state index in [0.29, 0.717) is 23.0 Å². The molecule has 1 heteroatoms. The molecule has 0 aromatic carbocycles. The number of rotatable bonds is 0. The van der Waals surface area contributed by atoms with E-state index in [1.54, 1.807) is 0 Å². The Hall–Kier alpha value is -0.330. The fourth-order valence-electron chi connectivity index (χ4n) is 4.74. The van der Waals surface area contributed by atoms with Crippen LogP contribution in [0.4, 0.5) is 0 Å². The van der Waals surface area contributed by atoms with Crippen molar-refractivity contribution < 1.29 is 4.79 Å². The summed E-state index contributed by atoms with van der Waals surface area (Å²) in [5, 5.41) is 0. The lowest BCUT2D eigenvalue weighted by atomic mass is 9.09. The Labute approximate surface area is 59.8 Å². The van der Waals surface area contributed by atoms with Crippen LogP contribution in [0.15, 0.2) is 0 Å². The summed E-state index contributed by atoms with van der Waals surface area (Å²) < 4.78 is 0. The van der Waals surface area contributed by atoms with Gasteiger partial charge in [0.25, 0.3) is 0 Å². The van der Waals surface area contributed by atoms with Crippen LogP contribution in [0.1, 0.15) is 13.3 Å². The van der Waals surface area contributed by atoms with E-state index in [-0.39, 0.29) is 0 Å². The molecule has 5 aliphatic rings. The molecule has 0 aromatic heterocycles. The summed E-state index contributed by atoms with van der Waals surface area (Å²) in [6.07, 6.45) is 1.27. The molecule has 2 bridgehead atoms. The van der Waals surface area contributed by atoms with E-state index < -0.39 is 0 Å². The molecule has 52 valence electrons. The van der Waals surface area contributed by atoms with Gasteiger partial charge in [-0.3, -0.25) is 4.79 Å². The molecule has 0 N–H and O–H groups in total. The van der Waals surface area contributed by atoms with Crippen molar-refractivity contribution in [1.29, 1.82) is 0 Å². The van der Waals surface area contributed by atoms with Crippen LogP contribution in [0, 0.1) is 35.0 Å². The van der Waals surface area contributed by atoms with E-state index in [4.69, 9.17) is 0 Å². The first-order chi connectivity index (χ1) is 4.79. The fraction of sp³-hybridized carbons (Fsp3) is 0.889. The molecule has 0 heterocycles. The summed E-state index contributed by atoms with van der Waals surface area (Å²) in [6, 6.07) is 0. The smallest absolute Gasteiger partial charge is 0.140 e. The summed E-state index contributed by atoms with van der Waals surface area (Å²) in [6.45, 7) is 2.34. The molecule has 5 aliphatic carbocycles. The average Bonchev–Trinajstić information content (AvgIpc) is 1.91. The molecule has 0 radical (unpaired) electrons. The second-order valence-corrected chi connectivity index (χ2v) is 4.64. The van der Waals surface area contributed by atoms with E-state index in [1.165, 1.54) is 6.42 Å². The third-order valence-corrected chi connectivity index (χ3v) is 5.14. The highest BCUT2D eigenvalue weighted by atomic mass is 16.1. The lowest BCUT2D eigenvalue weighted by Crippen LogP contribution is -2.94. The molecular formula is C9H10O. The number of Topliss-reactive ketones (excluding diaryl/α,β-unsaturated/α-hetero) is 1. The highest BCUT2D eigenvalue weighted by molar-refractivity contribution is 5.99. The van der Waals surface area contributed by atoms with Crippen molar-refractivity contribution in [2.24, 2.45) is 35.0 Å². The number of ketones is 1. The van der Waals surface area contributed by atoms with E-state index in [2.05, 4.69) is 6.92 Å². The predicted molar refractivity (Wildman–Crippen MR) is 35.2 cm³/mol. The molecule has 0 aliphatic heterocycles. The van der Waals surface area contributed by atoms with Crippen molar-refractivity contribution in [2.45, 2.75) is 13.3 Å². The topological polar surface area (TPSA) is 17.1 Å². The number of carbonyl (C=O) groups excluding carboxylic acids is 1. The van der Waals surface area contributed by atoms with Crippen molar-refractivity contribution in [3.63, 3.8) is 0 Å². The van der Waals surface area contributed by atoms with Gasteiger partial charge in [-0.1, -0.05) is 6.92 Å². The maximum atomic E-state index is 11.2. The molecule has 0 saturated heterocycles. The number of hydrogen-bond donors (Lipinski definition) is 0. The molecule has 10 heavy (non-hydrogen) atoms. The van der Waals surface area contributed by atoms with Crippen LogP contribution in [0.25, 0.3) is 0 Å². The molecule has 1 spiro atoms. The zero-order chi connectivity index (χ0) is 6.67. The number of hydrogen-bond acceptors (Lipinski definition) is 1. The van der Waals surface area contributed by atoms with Gasteiger partial charge >= 0.3 is 0 Å². The van der Waals surface area contributed by atoms with Crippen LogP contribution in [-0.2, 0) is 4.79 Å². The molecule has 6 unspecified atom stereocenters. The molecular weight excluding hydrogens is 124 g/mol. The lowest BCUT2D eigenvalue weighted by Gasteiger charge is -2.93. The first kappa shape index (κ1) is 4.53. The van der Waals surface area contributed by atoms with Gasteiger partial charge < -0.3 is 0 Å². The van der Waals surface area contributed by atoms with Crippen molar-refractivity contribution in [2.75, 3.05) is 0 Å². The Morgan fingerprint density at radius 2 is 2.40 bits per heavy atom. The van der Waals surface area contributed by atoms with E-state index in [1.807, 2.05) is 0 Å². The molecule has 6 atom stereocenters. The van der Waals surface area contributed by atoms with Crippen LogP contribution in [-0.4, -0.2) is 5.78 Å². The van der Waals surface area contributed by atoms with Crippen LogP contribution in [0.2, 0.25) is 0 Å². The maximum Gasteiger partial charge on any atom is 0.140 e. The molecule has 5 saturated carbocycles. The minimum absolute atomic E-state index is 0.558. The van der Waals surface area contributed by atoms with Crippen molar-refractivity contribution in [1.82, 2.24) is 0 Å². The van der Waals surface area contributed by atoms with Gasteiger partial charge in [0, 0.05) is 11.8 Å². The molecule has 0 amide bonds. The van der Waals surface area contributed by atoms with E-state index in [0.717, 1.165) is 17.8 Å². The Morgan fingerprint density at radius 1 is 1.60 bits per heavy atom. The summed E-state index contributed by atoms with van der Waals surface area (Å²) in [5.74, 6) is 4.59. The molecule has 0 aromatic rings. The van der Waals surface area contributed by atoms with Crippen molar-refractivity contribution in [3.8, 4) is 0 Å². The van der Waals surface area contributed by atoms with E-state index >= 15 is 0 Å². The normalized spacial score (nSPS) is 79.7. The minimum atomic E-state index is 0.558. The summed E-state index contributed by atoms with van der Waals surface area (Å²) in [4.78, 5) is 11.2. The Kier molecular flexibility index (Phi) is 0.379. The fourth-order valence-corrected chi connectivity index (χ4v) is 4.74. The van der Waals surface area contributed by atoms with Crippen LogP contribution in [0.3, 0.4) is 0 Å². The zero-order valence-corrected chi connectivity index (χ0v) is 6.00. The average molecular weight is 134 g/mol. The highest BCUT2D eigenvalue weighted by Gasteiger charge is 2.94. The van der Waals surface area contributed by atoms with Gasteiger partial charge in [0.15, 0.2) is 0 Å². The Bertz CT molecular complexity index is 252. The van der Waals surface area contributed by atoms with Crippen LogP contribution in [0.5, 0.6) is 0 Å². The minimum Gasteiger partial charge on any atom is -0.299 e.